The zero-order valence-electron chi connectivity index (χ0n) is 7.23. The molecule has 0 saturated carbocycles. The highest BCUT2D eigenvalue weighted by Gasteiger charge is 2.04. The Kier molecular flexibility index (Phi) is 1.73. The van der Waals surface area contributed by atoms with Crippen LogP contribution in [0.1, 0.15) is 6.92 Å². The van der Waals surface area contributed by atoms with Crippen molar-refractivity contribution in [3.8, 4) is 11.4 Å². The van der Waals surface area contributed by atoms with Crippen molar-refractivity contribution in [2.24, 2.45) is 0 Å². The normalized spacial score (nSPS) is 10.5. The van der Waals surface area contributed by atoms with Gasteiger partial charge < -0.3 is 5.73 Å². The maximum atomic E-state index is 5.37. The highest BCUT2D eigenvalue weighted by atomic mass is 15.3. The van der Waals surface area contributed by atoms with E-state index in [2.05, 4.69) is 20.3 Å². The summed E-state index contributed by atoms with van der Waals surface area (Å²) >= 11 is 0. The predicted molar refractivity (Wildman–Crippen MR) is 47.7 cm³/mol. The lowest BCUT2D eigenvalue weighted by atomic mass is 10.3. The van der Waals surface area contributed by atoms with E-state index in [-0.39, 0.29) is 5.95 Å². The first kappa shape index (κ1) is 7.78. The molecule has 3 N–H and O–H groups in total. The molecule has 0 saturated heterocycles. The number of hydrogen-bond acceptors (Lipinski definition) is 4. The van der Waals surface area contributed by atoms with Gasteiger partial charge in [-0.15, -0.1) is 5.10 Å². The Morgan fingerprint density at radius 1 is 1.62 bits per heavy atom. The first-order valence-electron chi connectivity index (χ1n) is 4.00. The highest BCUT2D eigenvalue weighted by molar-refractivity contribution is 5.52. The Labute approximate surface area is 74.8 Å². The fourth-order valence-corrected chi connectivity index (χ4v) is 1.06. The topological polar surface area (TPSA) is 85.4 Å². The fourth-order valence-electron chi connectivity index (χ4n) is 1.06. The van der Waals surface area contributed by atoms with Crippen molar-refractivity contribution in [1.82, 2.24) is 25.0 Å². The summed E-state index contributed by atoms with van der Waals surface area (Å²) in [6.45, 7) is 2.86. The van der Waals surface area contributed by atoms with E-state index < -0.39 is 0 Å². The summed E-state index contributed by atoms with van der Waals surface area (Å²) in [7, 11) is 0. The minimum absolute atomic E-state index is 0.249. The maximum absolute atomic E-state index is 5.37. The Bertz CT molecular complexity index is 401. The van der Waals surface area contributed by atoms with Gasteiger partial charge in [0.1, 0.15) is 0 Å². The SMILES string of the molecule is CCn1cc(-c2nc(N)n[nH]2)cn1. The van der Waals surface area contributed by atoms with Crippen molar-refractivity contribution in [3.63, 3.8) is 0 Å². The van der Waals surface area contributed by atoms with Crippen molar-refractivity contribution in [3.05, 3.63) is 12.4 Å². The van der Waals surface area contributed by atoms with Crippen LogP contribution >= 0.6 is 0 Å². The molecule has 2 aromatic rings. The van der Waals surface area contributed by atoms with Gasteiger partial charge in [0.2, 0.25) is 5.95 Å². The standard InChI is InChI=1S/C7H10N6/c1-2-13-4-5(3-9-13)6-10-7(8)12-11-6/h3-4H,2H2,1H3,(H3,8,10,11,12). The molecule has 0 aromatic carbocycles. The number of aryl methyl sites for hydroxylation is 1. The second kappa shape index (κ2) is 2.89. The van der Waals surface area contributed by atoms with Gasteiger partial charge in [0, 0.05) is 12.7 Å². The quantitative estimate of drug-likeness (QED) is 0.691. The van der Waals surface area contributed by atoms with Gasteiger partial charge in [-0.05, 0) is 6.92 Å². The van der Waals surface area contributed by atoms with Gasteiger partial charge in [-0.3, -0.25) is 9.78 Å². The monoisotopic (exact) mass is 178 g/mol. The molecule has 2 rings (SSSR count). The average molecular weight is 178 g/mol. The third-order valence-corrected chi connectivity index (χ3v) is 1.73. The third kappa shape index (κ3) is 1.37. The van der Waals surface area contributed by atoms with Gasteiger partial charge in [0.15, 0.2) is 5.82 Å². The summed E-state index contributed by atoms with van der Waals surface area (Å²) in [4.78, 5) is 3.99. The summed E-state index contributed by atoms with van der Waals surface area (Å²) in [5.74, 6) is 0.899. The fraction of sp³-hybridized carbons (Fsp3) is 0.286. The lowest BCUT2D eigenvalue weighted by Crippen LogP contribution is -1.92. The molecule has 0 spiro atoms. The number of aromatic amines is 1. The molecule has 0 bridgehead atoms. The molecule has 0 amide bonds. The molecule has 68 valence electrons. The van der Waals surface area contributed by atoms with Crippen LogP contribution in [0.25, 0.3) is 11.4 Å². The van der Waals surface area contributed by atoms with Gasteiger partial charge in [-0.1, -0.05) is 0 Å². The number of H-pyrrole nitrogens is 1. The minimum Gasteiger partial charge on any atom is -0.366 e. The highest BCUT2D eigenvalue weighted by Crippen LogP contribution is 2.13. The predicted octanol–water partition coefficient (Wildman–Crippen LogP) is 0.270. The number of rotatable bonds is 2. The van der Waals surface area contributed by atoms with Crippen LogP contribution in [0.3, 0.4) is 0 Å². The van der Waals surface area contributed by atoms with E-state index in [4.69, 9.17) is 5.73 Å². The van der Waals surface area contributed by atoms with Gasteiger partial charge in [0.05, 0.1) is 11.8 Å². The molecule has 0 aliphatic carbocycles. The molecule has 2 aromatic heterocycles. The number of anilines is 1. The number of aromatic nitrogens is 5. The average Bonchev–Trinajstić information content (AvgIpc) is 2.71. The molecular formula is C7H10N6. The van der Waals surface area contributed by atoms with Crippen LogP contribution in [-0.2, 0) is 6.54 Å². The Morgan fingerprint density at radius 2 is 2.46 bits per heavy atom. The van der Waals surface area contributed by atoms with Gasteiger partial charge >= 0.3 is 0 Å². The Morgan fingerprint density at radius 3 is 3.00 bits per heavy atom. The molecule has 0 aliphatic rings. The van der Waals surface area contributed by atoms with Crippen LogP contribution in [0.2, 0.25) is 0 Å². The summed E-state index contributed by atoms with van der Waals surface area (Å²) in [6, 6.07) is 0. The lowest BCUT2D eigenvalue weighted by Gasteiger charge is -1.89. The molecule has 0 atom stereocenters. The van der Waals surface area contributed by atoms with Crippen molar-refractivity contribution in [2.45, 2.75) is 13.5 Å². The summed E-state index contributed by atoms with van der Waals surface area (Å²) < 4.78 is 1.81. The Balaban J connectivity index is 2.35. The van der Waals surface area contributed by atoms with E-state index in [1.165, 1.54) is 0 Å². The number of hydrogen-bond donors (Lipinski definition) is 2. The van der Waals surface area contributed by atoms with Crippen LogP contribution in [0.15, 0.2) is 12.4 Å². The molecule has 0 aliphatic heterocycles. The Hall–Kier alpha value is -1.85. The molecule has 13 heavy (non-hydrogen) atoms. The first-order chi connectivity index (χ1) is 6.29. The lowest BCUT2D eigenvalue weighted by molar-refractivity contribution is 0.660. The molecule has 0 radical (unpaired) electrons. The van der Waals surface area contributed by atoms with Gasteiger partial charge in [-0.2, -0.15) is 10.1 Å². The summed E-state index contributed by atoms with van der Waals surface area (Å²) in [5, 5.41) is 10.6. The number of nitrogen functional groups attached to an aromatic ring is 1. The van der Waals surface area contributed by atoms with Crippen molar-refractivity contribution < 1.29 is 0 Å². The molecule has 0 unspecified atom stereocenters. The molecular weight excluding hydrogens is 168 g/mol. The van der Waals surface area contributed by atoms with E-state index in [0.29, 0.717) is 5.82 Å². The summed E-state index contributed by atoms with van der Waals surface area (Å²) in [6.07, 6.45) is 3.61. The van der Waals surface area contributed by atoms with E-state index in [1.807, 2.05) is 17.8 Å². The number of nitrogens with zero attached hydrogens (tertiary/aromatic N) is 4. The first-order valence-corrected chi connectivity index (χ1v) is 4.00. The van der Waals surface area contributed by atoms with Crippen molar-refractivity contribution in [2.75, 3.05) is 5.73 Å². The van der Waals surface area contributed by atoms with E-state index in [9.17, 15) is 0 Å². The molecule has 6 heteroatoms. The van der Waals surface area contributed by atoms with Crippen molar-refractivity contribution >= 4 is 5.95 Å². The second-order valence-corrected chi connectivity index (χ2v) is 2.63. The van der Waals surface area contributed by atoms with E-state index in [0.717, 1.165) is 12.1 Å². The molecule has 0 fully saturated rings. The van der Waals surface area contributed by atoms with Crippen LogP contribution in [0.4, 0.5) is 5.95 Å². The smallest absolute Gasteiger partial charge is 0.239 e. The van der Waals surface area contributed by atoms with Crippen LogP contribution in [0.5, 0.6) is 0 Å². The molecule has 2 heterocycles. The van der Waals surface area contributed by atoms with Crippen molar-refractivity contribution in [1.29, 1.82) is 0 Å². The van der Waals surface area contributed by atoms with Gasteiger partial charge in [-0.25, -0.2) is 0 Å². The van der Waals surface area contributed by atoms with E-state index >= 15 is 0 Å². The third-order valence-electron chi connectivity index (χ3n) is 1.73. The zero-order chi connectivity index (χ0) is 9.26. The number of nitrogens with one attached hydrogen (secondary N) is 1. The minimum atomic E-state index is 0.249. The zero-order valence-corrected chi connectivity index (χ0v) is 7.23. The summed E-state index contributed by atoms with van der Waals surface area (Å²) in [5.41, 5.74) is 6.27. The van der Waals surface area contributed by atoms with E-state index in [1.54, 1.807) is 6.20 Å². The number of nitrogens with two attached hydrogens (primary N) is 1. The largest absolute Gasteiger partial charge is 0.366 e. The van der Waals surface area contributed by atoms with Crippen LogP contribution in [-0.4, -0.2) is 25.0 Å². The second-order valence-electron chi connectivity index (χ2n) is 2.63. The van der Waals surface area contributed by atoms with Gasteiger partial charge in [0.25, 0.3) is 0 Å². The van der Waals surface area contributed by atoms with Crippen LogP contribution in [0, 0.1) is 0 Å². The molecule has 6 nitrogen and oxygen atoms in total. The maximum Gasteiger partial charge on any atom is 0.239 e. The van der Waals surface area contributed by atoms with Crippen LogP contribution < -0.4 is 5.73 Å².